The molecule has 0 saturated heterocycles. The molecule has 0 saturated carbocycles. The zero-order valence-electron chi connectivity index (χ0n) is 6.99. The van der Waals surface area contributed by atoms with E-state index in [1.807, 2.05) is 6.92 Å². The summed E-state index contributed by atoms with van der Waals surface area (Å²) in [6.45, 7) is 2.03. The first-order valence-electron chi connectivity index (χ1n) is 3.85. The normalized spacial score (nSPS) is 11.7. The molecule has 0 aliphatic heterocycles. The highest BCUT2D eigenvalue weighted by Crippen LogP contribution is 2.02. The number of rotatable bonds is 3. The molecule has 0 spiro atoms. The van der Waals surface area contributed by atoms with Crippen molar-refractivity contribution in [3.8, 4) is 12.3 Å². The second-order valence-corrected chi connectivity index (χ2v) is 2.37. The number of hydrogen-bond donors (Lipinski definition) is 1. The lowest BCUT2D eigenvalue weighted by Crippen LogP contribution is -2.16. The molecule has 0 radical (unpaired) electrons. The third-order valence-corrected chi connectivity index (χ3v) is 1.51. The van der Waals surface area contributed by atoms with Crippen molar-refractivity contribution in [2.24, 2.45) is 0 Å². The number of aromatic nitrogens is 2. The lowest BCUT2D eigenvalue weighted by molar-refractivity contribution is 0.849. The van der Waals surface area contributed by atoms with Gasteiger partial charge in [-0.1, -0.05) is 12.8 Å². The molecule has 1 N–H and O–H groups in total. The van der Waals surface area contributed by atoms with Gasteiger partial charge in [0.25, 0.3) is 0 Å². The average Bonchev–Trinajstić information content (AvgIpc) is 2.16. The van der Waals surface area contributed by atoms with Crippen molar-refractivity contribution >= 4 is 5.82 Å². The van der Waals surface area contributed by atoms with Crippen LogP contribution in [0.25, 0.3) is 0 Å². The van der Waals surface area contributed by atoms with Crippen molar-refractivity contribution in [2.45, 2.75) is 19.4 Å². The second-order valence-electron chi connectivity index (χ2n) is 2.37. The van der Waals surface area contributed by atoms with Gasteiger partial charge < -0.3 is 5.32 Å². The Balaban J connectivity index is 2.58. The van der Waals surface area contributed by atoms with Crippen LogP contribution in [0.15, 0.2) is 18.6 Å². The van der Waals surface area contributed by atoms with Gasteiger partial charge in [0.15, 0.2) is 0 Å². The first-order chi connectivity index (χ1) is 5.86. The molecule has 0 aliphatic carbocycles. The fraction of sp³-hybridized carbons (Fsp3) is 0.333. The van der Waals surface area contributed by atoms with Crippen LogP contribution in [0.5, 0.6) is 0 Å². The minimum atomic E-state index is 0.0555. The van der Waals surface area contributed by atoms with Crippen LogP contribution in [0, 0.1) is 12.3 Å². The van der Waals surface area contributed by atoms with E-state index in [-0.39, 0.29) is 6.04 Å². The summed E-state index contributed by atoms with van der Waals surface area (Å²) < 4.78 is 0. The van der Waals surface area contributed by atoms with Gasteiger partial charge in [-0.15, -0.1) is 6.42 Å². The summed E-state index contributed by atoms with van der Waals surface area (Å²) in [4.78, 5) is 7.80. The molecule has 1 heterocycles. The van der Waals surface area contributed by atoms with Crippen molar-refractivity contribution in [1.82, 2.24) is 9.97 Å². The topological polar surface area (TPSA) is 37.8 Å². The number of hydrogen-bond acceptors (Lipinski definition) is 3. The van der Waals surface area contributed by atoms with Gasteiger partial charge >= 0.3 is 0 Å². The minimum Gasteiger partial charge on any atom is -0.356 e. The Hall–Kier alpha value is -1.56. The molecule has 0 aliphatic rings. The van der Waals surface area contributed by atoms with E-state index in [9.17, 15) is 0 Å². The quantitative estimate of drug-likeness (QED) is 0.679. The lowest BCUT2D eigenvalue weighted by atomic mass is 10.2. The van der Waals surface area contributed by atoms with Crippen LogP contribution in [0.2, 0.25) is 0 Å². The summed E-state index contributed by atoms with van der Waals surface area (Å²) in [6, 6.07) is 1.85. The standard InChI is InChI=1S/C9H11N3/c1-3-8(4-2)12-9-5-6-10-7-11-9/h1,5-8H,4H2,2H3,(H,10,11,12). The zero-order chi connectivity index (χ0) is 8.81. The Morgan fingerprint density at radius 3 is 3.08 bits per heavy atom. The van der Waals surface area contributed by atoms with Gasteiger partial charge in [0.1, 0.15) is 12.1 Å². The highest BCUT2D eigenvalue weighted by Gasteiger charge is 2.00. The van der Waals surface area contributed by atoms with Crippen LogP contribution in [-0.4, -0.2) is 16.0 Å². The van der Waals surface area contributed by atoms with Crippen LogP contribution in [0.1, 0.15) is 13.3 Å². The molecule has 1 unspecified atom stereocenters. The van der Waals surface area contributed by atoms with Gasteiger partial charge in [0.2, 0.25) is 0 Å². The van der Waals surface area contributed by atoms with Crippen LogP contribution in [0.4, 0.5) is 5.82 Å². The van der Waals surface area contributed by atoms with Crippen molar-refractivity contribution in [3.63, 3.8) is 0 Å². The summed E-state index contributed by atoms with van der Waals surface area (Å²) >= 11 is 0. The molecule has 0 amide bonds. The van der Waals surface area contributed by atoms with Gasteiger partial charge in [-0.3, -0.25) is 0 Å². The molecule has 62 valence electrons. The maximum Gasteiger partial charge on any atom is 0.130 e. The Bertz CT molecular complexity index is 263. The zero-order valence-corrected chi connectivity index (χ0v) is 6.99. The molecule has 1 aromatic heterocycles. The van der Waals surface area contributed by atoms with Crippen molar-refractivity contribution in [3.05, 3.63) is 18.6 Å². The molecule has 1 aromatic rings. The highest BCUT2D eigenvalue weighted by molar-refractivity contribution is 5.35. The molecule has 0 fully saturated rings. The fourth-order valence-electron chi connectivity index (χ4n) is 0.816. The van der Waals surface area contributed by atoms with Gasteiger partial charge in [0.05, 0.1) is 6.04 Å². The number of anilines is 1. The molecular formula is C9H11N3. The second kappa shape index (κ2) is 4.35. The maximum absolute atomic E-state index is 5.28. The summed E-state index contributed by atoms with van der Waals surface area (Å²) in [5.41, 5.74) is 0. The average molecular weight is 161 g/mol. The summed E-state index contributed by atoms with van der Waals surface area (Å²) in [5.74, 6) is 3.40. The molecular weight excluding hydrogens is 150 g/mol. The van der Waals surface area contributed by atoms with E-state index in [0.717, 1.165) is 12.2 Å². The minimum absolute atomic E-state index is 0.0555. The first kappa shape index (κ1) is 8.54. The van der Waals surface area contributed by atoms with Crippen LogP contribution < -0.4 is 5.32 Å². The van der Waals surface area contributed by atoms with Gasteiger partial charge in [-0.05, 0) is 12.5 Å². The van der Waals surface area contributed by atoms with Crippen molar-refractivity contribution in [1.29, 1.82) is 0 Å². The predicted molar refractivity (Wildman–Crippen MR) is 48.6 cm³/mol. The van der Waals surface area contributed by atoms with E-state index < -0.39 is 0 Å². The fourth-order valence-corrected chi connectivity index (χ4v) is 0.816. The van der Waals surface area contributed by atoms with Gasteiger partial charge in [-0.2, -0.15) is 0 Å². The number of nitrogens with zero attached hydrogens (tertiary/aromatic N) is 2. The van der Waals surface area contributed by atoms with Gasteiger partial charge in [0, 0.05) is 6.20 Å². The van der Waals surface area contributed by atoms with E-state index in [1.165, 1.54) is 6.33 Å². The van der Waals surface area contributed by atoms with E-state index >= 15 is 0 Å². The Morgan fingerprint density at radius 2 is 2.58 bits per heavy atom. The monoisotopic (exact) mass is 161 g/mol. The van der Waals surface area contributed by atoms with Crippen molar-refractivity contribution < 1.29 is 0 Å². The van der Waals surface area contributed by atoms with E-state index in [4.69, 9.17) is 6.42 Å². The predicted octanol–water partition coefficient (Wildman–Crippen LogP) is 1.30. The van der Waals surface area contributed by atoms with Crippen LogP contribution in [-0.2, 0) is 0 Å². The van der Waals surface area contributed by atoms with Gasteiger partial charge in [-0.25, -0.2) is 9.97 Å². The number of nitrogens with one attached hydrogen (secondary N) is 1. The van der Waals surface area contributed by atoms with E-state index in [2.05, 4.69) is 21.2 Å². The maximum atomic E-state index is 5.28. The van der Waals surface area contributed by atoms with Crippen LogP contribution in [0.3, 0.4) is 0 Å². The summed E-state index contributed by atoms with van der Waals surface area (Å²) in [6.07, 6.45) is 9.34. The molecule has 1 atom stereocenters. The molecule has 0 bridgehead atoms. The van der Waals surface area contributed by atoms with E-state index in [1.54, 1.807) is 12.3 Å². The highest BCUT2D eigenvalue weighted by atomic mass is 15.0. The molecule has 1 rings (SSSR count). The molecule has 12 heavy (non-hydrogen) atoms. The Morgan fingerprint density at radius 1 is 1.75 bits per heavy atom. The third-order valence-electron chi connectivity index (χ3n) is 1.51. The first-order valence-corrected chi connectivity index (χ1v) is 3.85. The molecule has 3 heteroatoms. The molecule has 0 aromatic carbocycles. The third kappa shape index (κ3) is 2.24. The Labute approximate surface area is 72.2 Å². The van der Waals surface area contributed by atoms with E-state index in [0.29, 0.717) is 0 Å². The smallest absolute Gasteiger partial charge is 0.130 e. The number of terminal acetylenes is 1. The van der Waals surface area contributed by atoms with Crippen LogP contribution >= 0.6 is 0 Å². The SMILES string of the molecule is C#CC(CC)Nc1ccncn1. The Kier molecular flexibility index (Phi) is 3.09. The summed E-state index contributed by atoms with van der Waals surface area (Å²) in [5, 5.41) is 3.09. The lowest BCUT2D eigenvalue weighted by Gasteiger charge is -2.09. The molecule has 3 nitrogen and oxygen atoms in total. The summed E-state index contributed by atoms with van der Waals surface area (Å²) in [7, 11) is 0. The van der Waals surface area contributed by atoms with Crippen molar-refractivity contribution in [2.75, 3.05) is 5.32 Å². The largest absolute Gasteiger partial charge is 0.356 e.